The van der Waals surface area contributed by atoms with E-state index < -0.39 is 24.1 Å². The number of rotatable bonds is 2. The van der Waals surface area contributed by atoms with Crippen LogP contribution in [0, 0.1) is 0 Å². The molecule has 0 spiro atoms. The van der Waals surface area contributed by atoms with Crippen LogP contribution in [-0.2, 0) is 4.74 Å². The van der Waals surface area contributed by atoms with Crippen LogP contribution in [0.4, 0.5) is 0 Å². The smallest absolute Gasteiger partial charge is 0.347 e. The molecule has 2 amide bonds. The van der Waals surface area contributed by atoms with Crippen molar-refractivity contribution >= 4 is 143 Å². The number of aliphatic hydroxyl groups is 2. The molecular formula is C51H35Br2N5O7. The molecule has 14 rings (SSSR count). The Bertz CT molecular complexity index is 3670. The molecule has 2 aliphatic heterocycles. The average Bonchev–Trinajstić information content (AvgIpc) is 4.16. The first kappa shape index (κ1) is 39.7. The summed E-state index contributed by atoms with van der Waals surface area (Å²) < 4.78 is 11.2. The number of imide groups is 1. The summed E-state index contributed by atoms with van der Waals surface area (Å²) >= 11 is 7.12. The van der Waals surface area contributed by atoms with Gasteiger partial charge in [-0.15, -0.1) is 0 Å². The maximum atomic E-state index is 13.1. The van der Waals surface area contributed by atoms with Crippen molar-refractivity contribution in [2.24, 2.45) is 0 Å². The van der Waals surface area contributed by atoms with Crippen molar-refractivity contribution in [3.63, 3.8) is 0 Å². The zero-order chi connectivity index (χ0) is 43.4. The number of esters is 2. The molecule has 0 bridgehead atoms. The van der Waals surface area contributed by atoms with Crippen LogP contribution < -0.4 is 5.32 Å². The molecule has 0 saturated heterocycles. The number of carbonyl (C=O) groups excluding carboxylic acids is 4. The Morgan fingerprint density at radius 2 is 0.969 bits per heavy atom. The van der Waals surface area contributed by atoms with Gasteiger partial charge in [0.15, 0.2) is 0 Å². The van der Waals surface area contributed by atoms with E-state index in [1.165, 1.54) is 0 Å². The van der Waals surface area contributed by atoms with Crippen LogP contribution in [0.5, 0.6) is 0 Å². The predicted octanol–water partition coefficient (Wildman–Crippen LogP) is 10.9. The Kier molecular flexibility index (Phi) is 8.60. The fourth-order valence-corrected chi connectivity index (χ4v) is 11.6. The summed E-state index contributed by atoms with van der Waals surface area (Å²) in [5.41, 5.74) is 8.45. The lowest BCUT2D eigenvalue weighted by atomic mass is 9.96. The van der Waals surface area contributed by atoms with Crippen molar-refractivity contribution in [2.45, 2.75) is 44.6 Å². The van der Waals surface area contributed by atoms with Gasteiger partial charge in [-0.05, 0) is 48.5 Å². The Hall–Kier alpha value is -6.84. The van der Waals surface area contributed by atoms with Crippen molar-refractivity contribution in [3.05, 3.63) is 140 Å². The standard InChI is InChI=1S/C25H16BrN3O3.C25H15BrN2O4.CH4/c26-11-5-8-17-15(9-11)19-21-20(24(31)28-25(21)32)18-14-3-1-2-4-16(14)27-22(18)23(19)29(17)12-6-7-13(30)10-12;26-11-5-8-17-15(9-11)19-21-20(24(30)32-25(21)31)18-14-3-1-2-4-16(14)27-22(18)23(19)28(17)12-6-7-13(29)10-12;/h1-9,12-13,27,30H,10H2,(H,28,31,32);1-9,12-13,27,29H,10H2;1H4/t2*12?,13-;/m11./s1. The maximum absolute atomic E-state index is 13.1. The van der Waals surface area contributed by atoms with Crippen LogP contribution in [-0.4, -0.2) is 65.3 Å². The van der Waals surface area contributed by atoms with Gasteiger partial charge in [0.05, 0.1) is 68.6 Å². The number of cyclic esters (lactones) is 2. The third-order valence-electron chi connectivity index (χ3n) is 13.3. The second-order valence-corrected chi connectivity index (χ2v) is 18.7. The molecule has 6 heterocycles. The van der Waals surface area contributed by atoms with E-state index in [0.717, 1.165) is 85.4 Å². The minimum absolute atomic E-state index is 0. The topological polar surface area (TPSA) is 171 Å². The van der Waals surface area contributed by atoms with Gasteiger partial charge in [-0.3, -0.25) is 14.9 Å². The van der Waals surface area contributed by atoms with Gasteiger partial charge in [0.25, 0.3) is 11.8 Å². The normalized spacial score (nSPS) is 20.0. The van der Waals surface area contributed by atoms with E-state index in [2.05, 4.69) is 56.3 Å². The number of halogens is 2. The van der Waals surface area contributed by atoms with E-state index in [9.17, 15) is 29.4 Å². The molecule has 4 aliphatic rings. The van der Waals surface area contributed by atoms with Crippen LogP contribution in [0.1, 0.15) is 73.8 Å². The van der Waals surface area contributed by atoms with Crippen molar-refractivity contribution in [1.82, 2.24) is 24.4 Å². The summed E-state index contributed by atoms with van der Waals surface area (Å²) in [7, 11) is 0. The van der Waals surface area contributed by atoms with Gasteiger partial charge in [-0.1, -0.05) is 100.0 Å². The number of allylic oxidation sites excluding steroid dienone is 2. The van der Waals surface area contributed by atoms with Crippen molar-refractivity contribution in [2.75, 3.05) is 0 Å². The highest BCUT2D eigenvalue weighted by Crippen LogP contribution is 2.48. The number of aromatic nitrogens is 4. The van der Waals surface area contributed by atoms with Crippen molar-refractivity contribution < 1.29 is 34.1 Å². The predicted molar refractivity (Wildman–Crippen MR) is 259 cm³/mol. The molecule has 65 heavy (non-hydrogen) atoms. The minimum Gasteiger partial charge on any atom is -0.389 e. The van der Waals surface area contributed by atoms with Gasteiger partial charge in [0.1, 0.15) is 0 Å². The summed E-state index contributed by atoms with van der Waals surface area (Å²) in [6.45, 7) is 0. The maximum Gasteiger partial charge on any atom is 0.347 e. The molecule has 2 aliphatic carbocycles. The molecule has 4 aromatic heterocycles. The van der Waals surface area contributed by atoms with E-state index in [-0.39, 0.29) is 31.3 Å². The Balaban J connectivity index is 0.000000135. The number of ether oxygens (including phenoxy) is 1. The number of amides is 2. The number of aliphatic hydroxyl groups excluding tert-OH is 2. The zero-order valence-electron chi connectivity index (χ0n) is 33.2. The van der Waals surface area contributed by atoms with Crippen molar-refractivity contribution in [3.8, 4) is 0 Å². The number of nitrogens with one attached hydrogen (secondary N) is 3. The first-order valence-electron chi connectivity index (χ1n) is 20.8. The first-order valence-corrected chi connectivity index (χ1v) is 22.4. The van der Waals surface area contributed by atoms with Crippen LogP contribution in [0.25, 0.3) is 87.2 Å². The number of H-pyrrole nitrogens is 2. The summed E-state index contributed by atoms with van der Waals surface area (Å²) in [4.78, 5) is 58.9. The largest absolute Gasteiger partial charge is 0.389 e. The summed E-state index contributed by atoms with van der Waals surface area (Å²) in [5, 5.41) is 29.4. The molecule has 320 valence electrons. The number of fused-ring (bicyclic) bond motifs is 20. The third kappa shape index (κ3) is 5.42. The number of benzene rings is 6. The van der Waals surface area contributed by atoms with Gasteiger partial charge in [-0.2, -0.15) is 0 Å². The zero-order valence-corrected chi connectivity index (χ0v) is 36.4. The minimum atomic E-state index is -0.622. The monoisotopic (exact) mass is 987 g/mol. The number of nitrogens with zero attached hydrogens (tertiary/aromatic N) is 2. The molecule has 0 radical (unpaired) electrons. The second-order valence-electron chi connectivity index (χ2n) is 16.8. The summed E-state index contributed by atoms with van der Waals surface area (Å²) in [6.07, 6.45) is 7.68. The van der Waals surface area contributed by atoms with Gasteiger partial charge in [0, 0.05) is 86.9 Å². The molecule has 0 fully saturated rings. The van der Waals surface area contributed by atoms with Crippen LogP contribution in [0.3, 0.4) is 0 Å². The Labute approximate surface area is 384 Å². The number of para-hydroxylation sites is 2. The molecule has 5 N–H and O–H groups in total. The number of hydrogen-bond donors (Lipinski definition) is 5. The first-order chi connectivity index (χ1) is 31.0. The lowest BCUT2D eigenvalue weighted by Gasteiger charge is -2.16. The second kappa shape index (κ2) is 14.1. The van der Waals surface area contributed by atoms with Crippen molar-refractivity contribution in [1.29, 1.82) is 0 Å². The average molecular weight is 990 g/mol. The van der Waals surface area contributed by atoms with E-state index >= 15 is 0 Å². The molecular weight excluding hydrogens is 954 g/mol. The molecule has 14 heteroatoms. The number of carbonyl (C=O) groups is 4. The van der Waals surface area contributed by atoms with E-state index in [1.54, 1.807) is 6.08 Å². The lowest BCUT2D eigenvalue weighted by molar-refractivity contribution is 0.0444. The quantitative estimate of drug-likeness (QED) is 0.0496. The van der Waals surface area contributed by atoms with Crippen LogP contribution in [0.15, 0.2) is 118 Å². The molecule has 0 saturated carbocycles. The van der Waals surface area contributed by atoms with Gasteiger partial charge in [-0.25, -0.2) is 9.59 Å². The van der Waals surface area contributed by atoms with Gasteiger partial charge >= 0.3 is 11.9 Å². The molecule has 4 atom stereocenters. The Morgan fingerprint density at radius 3 is 1.45 bits per heavy atom. The number of aromatic amines is 2. The summed E-state index contributed by atoms with van der Waals surface area (Å²) in [5.74, 6) is -1.98. The highest BCUT2D eigenvalue weighted by Gasteiger charge is 2.40. The molecule has 10 aromatic rings. The fraction of sp³-hybridized carbons (Fsp3) is 0.137. The third-order valence-corrected chi connectivity index (χ3v) is 14.3. The highest BCUT2D eigenvalue weighted by atomic mass is 79.9. The van der Waals surface area contributed by atoms with Crippen LogP contribution >= 0.6 is 31.9 Å². The van der Waals surface area contributed by atoms with E-state index in [0.29, 0.717) is 45.9 Å². The number of hydrogen-bond acceptors (Lipinski definition) is 7. The SMILES string of the molecule is C.O=C1NC(=O)c2c1c1c3ccccc3[nH]c1c1c2c2cc(Br)ccc2n1C1C=C[C@@H](O)C1.O=C1OC(=O)c2c1c1c3ccccc3[nH]c1c1c2c2cc(Br)ccc2n1C1C=C[C@@H](O)C1. The Morgan fingerprint density at radius 1 is 0.538 bits per heavy atom. The van der Waals surface area contributed by atoms with E-state index in [4.69, 9.17) is 4.74 Å². The van der Waals surface area contributed by atoms with Crippen LogP contribution in [0.2, 0.25) is 0 Å². The summed E-state index contributed by atoms with van der Waals surface area (Å²) in [6, 6.07) is 27.3. The van der Waals surface area contributed by atoms with E-state index in [1.807, 2.05) is 103 Å². The fourth-order valence-electron chi connectivity index (χ4n) is 10.9. The van der Waals surface area contributed by atoms with Gasteiger partial charge in [0.2, 0.25) is 0 Å². The van der Waals surface area contributed by atoms with Gasteiger partial charge < -0.3 is 34.1 Å². The molecule has 2 unspecified atom stereocenters. The molecule has 6 aromatic carbocycles. The lowest BCUT2D eigenvalue weighted by Crippen LogP contribution is -2.20. The molecule has 12 nitrogen and oxygen atoms in total. The highest BCUT2D eigenvalue weighted by molar-refractivity contribution is 9.10.